The van der Waals surface area contributed by atoms with Crippen LogP contribution in [0.3, 0.4) is 0 Å². The molecule has 6 heteroatoms. The highest BCUT2D eigenvalue weighted by Crippen LogP contribution is 2.27. The number of fused-ring (bicyclic) bond motifs is 1. The maximum atomic E-state index is 12.8. The van der Waals surface area contributed by atoms with Crippen molar-refractivity contribution < 1.29 is 9.32 Å². The van der Waals surface area contributed by atoms with Crippen LogP contribution in [0.1, 0.15) is 34.9 Å². The van der Waals surface area contributed by atoms with Crippen molar-refractivity contribution >= 4 is 16.8 Å². The molecule has 3 heterocycles. The van der Waals surface area contributed by atoms with Crippen LogP contribution >= 0.6 is 0 Å². The second-order valence-corrected chi connectivity index (χ2v) is 5.74. The number of carbonyl (C=O) groups is 1. The zero-order valence-corrected chi connectivity index (χ0v) is 12.6. The van der Waals surface area contributed by atoms with E-state index in [0.29, 0.717) is 18.7 Å². The first-order valence-corrected chi connectivity index (χ1v) is 7.72. The van der Waals surface area contributed by atoms with E-state index in [1.165, 1.54) is 6.39 Å². The molecule has 4 rings (SSSR count). The Morgan fingerprint density at radius 2 is 1.96 bits per heavy atom. The Morgan fingerprint density at radius 3 is 2.74 bits per heavy atom. The topological polar surface area (TPSA) is 72.1 Å². The van der Waals surface area contributed by atoms with Gasteiger partial charge in [0.2, 0.25) is 6.39 Å². The summed E-state index contributed by atoms with van der Waals surface area (Å²) < 4.78 is 4.81. The molecule has 23 heavy (non-hydrogen) atoms. The van der Waals surface area contributed by atoms with Gasteiger partial charge in [0.25, 0.3) is 5.91 Å². The molecule has 0 unspecified atom stereocenters. The van der Waals surface area contributed by atoms with Gasteiger partial charge in [-0.05, 0) is 25.0 Å². The van der Waals surface area contributed by atoms with Crippen molar-refractivity contribution in [1.29, 1.82) is 0 Å². The second-order valence-electron chi connectivity index (χ2n) is 5.74. The highest BCUT2D eigenvalue weighted by Gasteiger charge is 2.27. The summed E-state index contributed by atoms with van der Waals surface area (Å²) in [5, 5.41) is 4.90. The van der Waals surface area contributed by atoms with E-state index in [1.807, 2.05) is 35.2 Å². The van der Waals surface area contributed by atoms with Crippen molar-refractivity contribution in [3.05, 3.63) is 54.3 Å². The summed E-state index contributed by atoms with van der Waals surface area (Å²) in [5.74, 6) is 1.05. The number of carbonyl (C=O) groups excluding carboxylic acids is 1. The van der Waals surface area contributed by atoms with Crippen LogP contribution in [0.25, 0.3) is 10.9 Å². The van der Waals surface area contributed by atoms with Gasteiger partial charge in [-0.1, -0.05) is 23.4 Å². The number of pyridine rings is 1. The van der Waals surface area contributed by atoms with Crippen molar-refractivity contribution in [3.8, 4) is 0 Å². The SMILES string of the molecule is O=C(c1cccc2cccnc12)N1CCC(c2ncon2)CC1. The average Bonchev–Trinajstić information content (AvgIpc) is 3.15. The zero-order chi connectivity index (χ0) is 15.6. The van der Waals surface area contributed by atoms with Crippen molar-refractivity contribution in [2.45, 2.75) is 18.8 Å². The summed E-state index contributed by atoms with van der Waals surface area (Å²) in [6.45, 7) is 1.39. The summed E-state index contributed by atoms with van der Waals surface area (Å²) in [4.78, 5) is 23.2. The van der Waals surface area contributed by atoms with Crippen molar-refractivity contribution in [3.63, 3.8) is 0 Å². The van der Waals surface area contributed by atoms with E-state index >= 15 is 0 Å². The first-order valence-electron chi connectivity index (χ1n) is 7.72. The van der Waals surface area contributed by atoms with Gasteiger partial charge in [-0.25, -0.2) is 0 Å². The van der Waals surface area contributed by atoms with Gasteiger partial charge in [0, 0.05) is 30.6 Å². The number of rotatable bonds is 2. The molecule has 1 aromatic carbocycles. The summed E-state index contributed by atoms with van der Waals surface area (Å²) in [6.07, 6.45) is 4.78. The Kier molecular flexibility index (Phi) is 3.49. The molecule has 1 saturated heterocycles. The minimum absolute atomic E-state index is 0.0425. The Bertz CT molecular complexity index is 818. The molecule has 1 aliphatic rings. The molecular formula is C17H16N4O2. The maximum absolute atomic E-state index is 12.8. The fraction of sp³-hybridized carbons (Fsp3) is 0.294. The standard InChI is InChI=1S/C17H16N4O2/c22-17(14-5-1-3-12-4-2-8-18-15(12)14)21-9-6-13(7-10-21)16-19-11-23-20-16/h1-5,8,11,13H,6-7,9-10H2. The minimum Gasteiger partial charge on any atom is -0.343 e. The van der Waals surface area contributed by atoms with Gasteiger partial charge in [-0.3, -0.25) is 9.78 Å². The largest absolute Gasteiger partial charge is 0.343 e. The Balaban J connectivity index is 1.54. The molecule has 0 radical (unpaired) electrons. The second kappa shape index (κ2) is 5.79. The van der Waals surface area contributed by atoms with E-state index in [1.54, 1.807) is 6.20 Å². The lowest BCUT2D eigenvalue weighted by molar-refractivity contribution is 0.0712. The Morgan fingerprint density at radius 1 is 1.13 bits per heavy atom. The number of nitrogens with zero attached hydrogens (tertiary/aromatic N) is 4. The molecule has 6 nitrogen and oxygen atoms in total. The molecule has 0 spiro atoms. The predicted octanol–water partition coefficient (Wildman–Crippen LogP) is 2.64. The number of para-hydroxylation sites is 1. The molecule has 2 aromatic heterocycles. The van der Waals surface area contributed by atoms with Crippen molar-refractivity contribution in [2.75, 3.05) is 13.1 Å². The van der Waals surface area contributed by atoms with Crippen LogP contribution in [0.15, 0.2) is 47.4 Å². The maximum Gasteiger partial charge on any atom is 0.256 e. The van der Waals surface area contributed by atoms with E-state index < -0.39 is 0 Å². The molecule has 1 aliphatic heterocycles. The molecule has 0 bridgehead atoms. The molecule has 116 valence electrons. The third-order valence-electron chi connectivity index (χ3n) is 4.39. The molecule has 0 aliphatic carbocycles. The number of likely N-dealkylation sites (tertiary alicyclic amines) is 1. The van der Waals surface area contributed by atoms with Crippen LogP contribution in [-0.4, -0.2) is 39.0 Å². The highest BCUT2D eigenvalue weighted by atomic mass is 16.5. The third kappa shape index (κ3) is 2.56. The van der Waals surface area contributed by atoms with E-state index in [2.05, 4.69) is 15.1 Å². The van der Waals surface area contributed by atoms with E-state index in [9.17, 15) is 4.79 Å². The van der Waals surface area contributed by atoms with Gasteiger partial charge in [0.05, 0.1) is 11.1 Å². The van der Waals surface area contributed by atoms with Crippen LogP contribution in [0.5, 0.6) is 0 Å². The Hall–Kier alpha value is -2.76. The van der Waals surface area contributed by atoms with Gasteiger partial charge < -0.3 is 9.42 Å². The van der Waals surface area contributed by atoms with Crippen LogP contribution in [0, 0.1) is 0 Å². The van der Waals surface area contributed by atoms with Crippen LogP contribution < -0.4 is 0 Å². The molecule has 0 saturated carbocycles. The lowest BCUT2D eigenvalue weighted by Gasteiger charge is -2.30. The first-order chi connectivity index (χ1) is 11.3. The highest BCUT2D eigenvalue weighted by molar-refractivity contribution is 6.05. The number of hydrogen-bond donors (Lipinski definition) is 0. The molecule has 1 amide bonds. The zero-order valence-electron chi connectivity index (χ0n) is 12.6. The smallest absolute Gasteiger partial charge is 0.256 e. The summed E-state index contributed by atoms with van der Waals surface area (Å²) in [5.41, 5.74) is 1.43. The minimum atomic E-state index is 0.0425. The van der Waals surface area contributed by atoms with Gasteiger partial charge in [-0.15, -0.1) is 0 Å². The number of aromatic nitrogens is 3. The van der Waals surface area contributed by atoms with Gasteiger partial charge >= 0.3 is 0 Å². The lowest BCUT2D eigenvalue weighted by Crippen LogP contribution is -2.38. The van der Waals surface area contributed by atoms with Gasteiger partial charge in [-0.2, -0.15) is 4.98 Å². The average molecular weight is 308 g/mol. The number of amides is 1. The van der Waals surface area contributed by atoms with E-state index in [0.717, 1.165) is 29.6 Å². The lowest BCUT2D eigenvalue weighted by atomic mass is 9.95. The third-order valence-corrected chi connectivity index (χ3v) is 4.39. The van der Waals surface area contributed by atoms with E-state index in [4.69, 9.17) is 4.52 Å². The van der Waals surface area contributed by atoms with Gasteiger partial charge in [0.15, 0.2) is 5.82 Å². The molecule has 3 aromatic rings. The molecule has 0 N–H and O–H groups in total. The normalized spacial score (nSPS) is 15.9. The Labute approximate surface area is 133 Å². The summed E-state index contributed by atoms with van der Waals surface area (Å²) in [7, 11) is 0. The number of benzene rings is 1. The van der Waals surface area contributed by atoms with Gasteiger partial charge in [0.1, 0.15) is 0 Å². The van der Waals surface area contributed by atoms with E-state index in [-0.39, 0.29) is 11.8 Å². The summed E-state index contributed by atoms with van der Waals surface area (Å²) >= 11 is 0. The molecule has 0 atom stereocenters. The van der Waals surface area contributed by atoms with Crippen LogP contribution in [0.2, 0.25) is 0 Å². The predicted molar refractivity (Wildman–Crippen MR) is 83.9 cm³/mol. The van der Waals surface area contributed by atoms with Crippen LogP contribution in [-0.2, 0) is 0 Å². The fourth-order valence-electron chi connectivity index (χ4n) is 3.15. The van der Waals surface area contributed by atoms with Crippen molar-refractivity contribution in [1.82, 2.24) is 20.0 Å². The quantitative estimate of drug-likeness (QED) is 0.727. The number of piperidine rings is 1. The monoisotopic (exact) mass is 308 g/mol. The molecule has 1 fully saturated rings. The van der Waals surface area contributed by atoms with Crippen LogP contribution in [0.4, 0.5) is 0 Å². The number of hydrogen-bond acceptors (Lipinski definition) is 5. The van der Waals surface area contributed by atoms with Crippen molar-refractivity contribution in [2.24, 2.45) is 0 Å². The fourth-order valence-corrected chi connectivity index (χ4v) is 3.15. The molecular weight excluding hydrogens is 292 g/mol. The summed E-state index contributed by atoms with van der Waals surface area (Å²) in [6, 6.07) is 9.59. The first kappa shape index (κ1) is 13.9.